The average Bonchev–Trinajstić information content (AvgIpc) is 2.86. The highest BCUT2D eigenvalue weighted by molar-refractivity contribution is 5.82. The summed E-state index contributed by atoms with van der Waals surface area (Å²) in [4.78, 5) is 15.8. The molecule has 0 aliphatic carbocycles. The van der Waals surface area contributed by atoms with Crippen LogP contribution in [0.2, 0.25) is 0 Å². The van der Waals surface area contributed by atoms with Gasteiger partial charge in [-0.05, 0) is 24.6 Å². The van der Waals surface area contributed by atoms with E-state index < -0.39 is 0 Å². The molecule has 2 N–H and O–H groups in total. The Labute approximate surface area is 116 Å². The van der Waals surface area contributed by atoms with Gasteiger partial charge in [0.15, 0.2) is 11.5 Å². The molecule has 0 radical (unpaired) electrons. The number of imidazole rings is 1. The second-order valence-electron chi connectivity index (χ2n) is 4.45. The number of nitrogens with zero attached hydrogens (tertiary/aromatic N) is 3. The van der Waals surface area contributed by atoms with Crippen LogP contribution in [-0.4, -0.2) is 27.0 Å². The number of methoxy groups -OCH3 is 1. The topological polar surface area (TPSA) is 75.7 Å². The quantitative estimate of drug-likeness (QED) is 0.760. The molecule has 0 fully saturated rings. The Kier molecular flexibility index (Phi) is 3.20. The molecule has 6 heteroatoms. The summed E-state index contributed by atoms with van der Waals surface area (Å²) in [5, 5.41) is 3.29. The number of rotatable bonds is 4. The molecule has 0 amide bonds. The molecular formula is C14H15N5O. The maximum atomic E-state index is 5.21. The molecule has 2 heterocycles. The van der Waals surface area contributed by atoms with Gasteiger partial charge in [-0.3, -0.25) is 0 Å². The number of hydrogen-bond donors (Lipinski definition) is 2. The number of benzene rings is 1. The van der Waals surface area contributed by atoms with Crippen molar-refractivity contribution in [2.45, 2.75) is 13.5 Å². The van der Waals surface area contributed by atoms with E-state index in [0.29, 0.717) is 12.2 Å². The Bertz CT molecular complexity index is 737. The van der Waals surface area contributed by atoms with E-state index in [1.165, 1.54) is 6.33 Å². The third kappa shape index (κ3) is 2.40. The smallest absolute Gasteiger partial charge is 0.183 e. The average molecular weight is 269 g/mol. The Morgan fingerprint density at radius 1 is 1.30 bits per heavy atom. The van der Waals surface area contributed by atoms with E-state index in [0.717, 1.165) is 28.5 Å². The SMILES string of the molecule is COc1cccc(CNc2ncnc3nc(C)[nH]c23)c1. The minimum absolute atomic E-state index is 0.654. The van der Waals surface area contributed by atoms with Crippen LogP contribution in [0.25, 0.3) is 11.2 Å². The zero-order valence-corrected chi connectivity index (χ0v) is 11.3. The molecular weight excluding hydrogens is 254 g/mol. The van der Waals surface area contributed by atoms with Crippen molar-refractivity contribution in [1.29, 1.82) is 0 Å². The molecule has 0 unspecified atom stereocenters. The standard InChI is InChI=1S/C14H15N5O/c1-9-18-12-13(16-8-17-14(12)19-9)15-7-10-4-3-5-11(6-10)20-2/h3-6,8H,7H2,1-2H3,(H2,15,16,17,18,19). The first-order valence-corrected chi connectivity index (χ1v) is 6.30. The van der Waals surface area contributed by atoms with Crippen molar-refractivity contribution in [2.75, 3.05) is 12.4 Å². The Morgan fingerprint density at radius 2 is 2.20 bits per heavy atom. The second kappa shape index (κ2) is 5.16. The molecule has 3 rings (SSSR count). The molecule has 0 spiro atoms. The van der Waals surface area contributed by atoms with Crippen LogP contribution in [0.15, 0.2) is 30.6 Å². The van der Waals surface area contributed by atoms with E-state index in [1.54, 1.807) is 7.11 Å². The molecule has 0 atom stereocenters. The van der Waals surface area contributed by atoms with Gasteiger partial charge in [0.05, 0.1) is 7.11 Å². The lowest BCUT2D eigenvalue weighted by Crippen LogP contribution is -2.02. The third-order valence-electron chi connectivity index (χ3n) is 3.00. The van der Waals surface area contributed by atoms with E-state index in [2.05, 4.69) is 25.3 Å². The summed E-state index contributed by atoms with van der Waals surface area (Å²) < 4.78 is 5.21. The predicted octanol–water partition coefficient (Wildman–Crippen LogP) is 2.28. The molecule has 102 valence electrons. The number of ether oxygens (including phenoxy) is 1. The highest BCUT2D eigenvalue weighted by atomic mass is 16.5. The Morgan fingerprint density at radius 3 is 3.05 bits per heavy atom. The first-order valence-electron chi connectivity index (χ1n) is 6.30. The number of hydrogen-bond acceptors (Lipinski definition) is 5. The van der Waals surface area contributed by atoms with Crippen LogP contribution in [0.4, 0.5) is 5.82 Å². The highest BCUT2D eigenvalue weighted by Gasteiger charge is 2.07. The fourth-order valence-corrected chi connectivity index (χ4v) is 2.05. The fourth-order valence-electron chi connectivity index (χ4n) is 2.05. The van der Waals surface area contributed by atoms with E-state index >= 15 is 0 Å². The van der Waals surface area contributed by atoms with Gasteiger partial charge in [-0.2, -0.15) is 0 Å². The monoisotopic (exact) mass is 269 g/mol. The van der Waals surface area contributed by atoms with Gasteiger partial charge in [0, 0.05) is 6.54 Å². The van der Waals surface area contributed by atoms with Gasteiger partial charge in [0.2, 0.25) is 0 Å². The Balaban J connectivity index is 1.82. The summed E-state index contributed by atoms with van der Waals surface area (Å²) in [6.45, 7) is 2.55. The van der Waals surface area contributed by atoms with Crippen LogP contribution >= 0.6 is 0 Å². The van der Waals surface area contributed by atoms with Gasteiger partial charge in [-0.1, -0.05) is 12.1 Å². The van der Waals surface area contributed by atoms with Gasteiger partial charge in [0.1, 0.15) is 23.4 Å². The van der Waals surface area contributed by atoms with Gasteiger partial charge >= 0.3 is 0 Å². The number of aryl methyl sites for hydroxylation is 1. The van der Waals surface area contributed by atoms with Crippen LogP contribution < -0.4 is 10.1 Å². The van der Waals surface area contributed by atoms with Crippen molar-refractivity contribution >= 4 is 17.0 Å². The summed E-state index contributed by atoms with van der Waals surface area (Å²) in [7, 11) is 1.66. The summed E-state index contributed by atoms with van der Waals surface area (Å²) in [6, 6.07) is 7.91. The lowest BCUT2D eigenvalue weighted by atomic mass is 10.2. The first-order chi connectivity index (χ1) is 9.76. The number of fused-ring (bicyclic) bond motifs is 1. The van der Waals surface area contributed by atoms with Gasteiger partial charge in [0.25, 0.3) is 0 Å². The number of anilines is 1. The normalized spacial score (nSPS) is 10.7. The van der Waals surface area contributed by atoms with Crippen molar-refractivity contribution < 1.29 is 4.74 Å². The third-order valence-corrected chi connectivity index (χ3v) is 3.00. The fraction of sp³-hybridized carbons (Fsp3) is 0.214. The van der Waals surface area contributed by atoms with E-state index in [9.17, 15) is 0 Å². The molecule has 20 heavy (non-hydrogen) atoms. The molecule has 2 aromatic heterocycles. The number of nitrogens with one attached hydrogen (secondary N) is 2. The van der Waals surface area contributed by atoms with Gasteiger partial charge in [-0.15, -0.1) is 0 Å². The predicted molar refractivity (Wildman–Crippen MR) is 76.7 cm³/mol. The first kappa shape index (κ1) is 12.4. The maximum Gasteiger partial charge on any atom is 0.183 e. The highest BCUT2D eigenvalue weighted by Crippen LogP contribution is 2.18. The van der Waals surface area contributed by atoms with Crippen LogP contribution in [-0.2, 0) is 6.54 Å². The summed E-state index contributed by atoms with van der Waals surface area (Å²) >= 11 is 0. The number of aromatic nitrogens is 4. The van der Waals surface area contributed by atoms with Crippen LogP contribution in [0.1, 0.15) is 11.4 Å². The van der Waals surface area contributed by atoms with Crippen LogP contribution in [0, 0.1) is 6.92 Å². The minimum Gasteiger partial charge on any atom is -0.497 e. The lowest BCUT2D eigenvalue weighted by molar-refractivity contribution is 0.414. The number of H-pyrrole nitrogens is 1. The van der Waals surface area contributed by atoms with Crippen molar-refractivity contribution in [2.24, 2.45) is 0 Å². The van der Waals surface area contributed by atoms with Gasteiger partial charge < -0.3 is 15.0 Å². The summed E-state index contributed by atoms with van der Waals surface area (Å²) in [5.74, 6) is 2.41. The largest absolute Gasteiger partial charge is 0.497 e. The molecule has 0 aliphatic rings. The van der Waals surface area contributed by atoms with E-state index in [4.69, 9.17) is 4.74 Å². The van der Waals surface area contributed by atoms with Crippen LogP contribution in [0.3, 0.4) is 0 Å². The second-order valence-corrected chi connectivity index (χ2v) is 4.45. The molecule has 0 bridgehead atoms. The zero-order chi connectivity index (χ0) is 13.9. The molecule has 6 nitrogen and oxygen atoms in total. The summed E-state index contributed by atoms with van der Waals surface area (Å²) in [6.07, 6.45) is 1.51. The van der Waals surface area contributed by atoms with Crippen molar-refractivity contribution in [3.8, 4) is 5.75 Å². The van der Waals surface area contributed by atoms with E-state index in [1.807, 2.05) is 31.2 Å². The summed E-state index contributed by atoms with van der Waals surface area (Å²) in [5.41, 5.74) is 2.62. The van der Waals surface area contributed by atoms with Gasteiger partial charge in [-0.25, -0.2) is 15.0 Å². The minimum atomic E-state index is 0.654. The Hall–Kier alpha value is -2.63. The zero-order valence-electron chi connectivity index (χ0n) is 11.3. The van der Waals surface area contributed by atoms with Crippen molar-refractivity contribution in [1.82, 2.24) is 19.9 Å². The lowest BCUT2D eigenvalue weighted by Gasteiger charge is -2.07. The van der Waals surface area contributed by atoms with Crippen molar-refractivity contribution in [3.63, 3.8) is 0 Å². The molecule has 1 aromatic carbocycles. The maximum absolute atomic E-state index is 5.21. The number of aromatic amines is 1. The van der Waals surface area contributed by atoms with Crippen LogP contribution in [0.5, 0.6) is 5.75 Å². The molecule has 0 aliphatic heterocycles. The van der Waals surface area contributed by atoms with Crippen molar-refractivity contribution in [3.05, 3.63) is 42.0 Å². The molecule has 0 saturated heterocycles. The molecule has 3 aromatic rings. The molecule has 0 saturated carbocycles. The van der Waals surface area contributed by atoms with E-state index in [-0.39, 0.29) is 0 Å².